The summed E-state index contributed by atoms with van der Waals surface area (Å²) in [5.74, 6) is -1.77. The third-order valence-corrected chi connectivity index (χ3v) is 7.38. The Hall–Kier alpha value is -5.65. The van der Waals surface area contributed by atoms with Gasteiger partial charge in [0.25, 0.3) is 17.7 Å². The van der Waals surface area contributed by atoms with Gasteiger partial charge in [-0.15, -0.1) is 5.10 Å². The molecule has 1 unspecified atom stereocenters. The van der Waals surface area contributed by atoms with E-state index in [0.717, 1.165) is 10.2 Å². The molecule has 2 aromatic carbocycles. The summed E-state index contributed by atoms with van der Waals surface area (Å²) in [7, 11) is 1.74. The molecule has 1 atom stereocenters. The monoisotopic (exact) mass is 610 g/mol. The molecule has 3 aromatic heterocycles. The Labute approximate surface area is 259 Å². The number of amides is 3. The van der Waals surface area contributed by atoms with Crippen molar-refractivity contribution in [3.05, 3.63) is 102 Å². The van der Waals surface area contributed by atoms with Crippen LogP contribution in [0.2, 0.25) is 0 Å². The van der Waals surface area contributed by atoms with Crippen molar-refractivity contribution >= 4 is 46.4 Å². The summed E-state index contributed by atoms with van der Waals surface area (Å²) in [5.41, 5.74) is 1.06. The van der Waals surface area contributed by atoms with Crippen LogP contribution in [0.3, 0.4) is 0 Å². The average molecular weight is 611 g/mol. The lowest BCUT2D eigenvalue weighted by molar-refractivity contribution is 0.0884. The highest BCUT2D eigenvalue weighted by Gasteiger charge is 2.29. The Balaban J connectivity index is 1.46. The Morgan fingerprint density at radius 1 is 0.933 bits per heavy atom. The first kappa shape index (κ1) is 30.8. The van der Waals surface area contributed by atoms with E-state index in [9.17, 15) is 19.2 Å². The van der Waals surface area contributed by atoms with Crippen LogP contribution in [0.15, 0.2) is 83.4 Å². The van der Waals surface area contributed by atoms with Crippen LogP contribution >= 0.6 is 0 Å². The lowest BCUT2D eigenvalue weighted by Gasteiger charge is -2.26. The molecular formula is C33H34N6O6. The van der Waals surface area contributed by atoms with Crippen molar-refractivity contribution < 1.29 is 28.3 Å². The number of furan rings is 1. The van der Waals surface area contributed by atoms with Crippen molar-refractivity contribution in [2.45, 2.75) is 45.8 Å². The first-order chi connectivity index (χ1) is 21.5. The van der Waals surface area contributed by atoms with E-state index >= 15 is 0 Å². The number of nitrogens with zero attached hydrogens (tertiary/aromatic N) is 3. The van der Waals surface area contributed by atoms with E-state index < -0.39 is 35.5 Å². The van der Waals surface area contributed by atoms with Gasteiger partial charge >= 0.3 is 6.09 Å². The minimum Gasteiger partial charge on any atom is -0.445 e. The summed E-state index contributed by atoms with van der Waals surface area (Å²) < 4.78 is 14.0. The van der Waals surface area contributed by atoms with Gasteiger partial charge in [-0.3, -0.25) is 14.4 Å². The van der Waals surface area contributed by atoms with Gasteiger partial charge in [0.15, 0.2) is 17.2 Å². The number of ether oxygens (including phenoxy) is 1. The van der Waals surface area contributed by atoms with Crippen molar-refractivity contribution in [3.8, 4) is 0 Å². The largest absolute Gasteiger partial charge is 0.445 e. The number of nitrogens with one attached hydrogen (secondary N) is 3. The summed E-state index contributed by atoms with van der Waals surface area (Å²) in [4.78, 5) is 52.8. The topological polar surface area (TPSA) is 149 Å². The molecule has 3 N–H and O–H groups in total. The number of hydrogen-bond donors (Lipinski definition) is 3. The number of anilines is 2. The van der Waals surface area contributed by atoms with Crippen molar-refractivity contribution in [2.75, 3.05) is 10.6 Å². The third-order valence-electron chi connectivity index (χ3n) is 7.38. The van der Waals surface area contributed by atoms with Crippen LogP contribution in [0.4, 0.5) is 16.3 Å². The zero-order valence-electron chi connectivity index (χ0n) is 25.6. The summed E-state index contributed by atoms with van der Waals surface area (Å²) in [6, 6.07) is 20.7. The quantitative estimate of drug-likeness (QED) is 0.187. The molecule has 0 saturated heterocycles. The van der Waals surface area contributed by atoms with Gasteiger partial charge in [0.1, 0.15) is 17.3 Å². The molecule has 0 radical (unpaired) electrons. The van der Waals surface area contributed by atoms with E-state index in [1.165, 1.54) is 12.1 Å². The fraction of sp³-hybridized carbons (Fsp3) is 0.242. The maximum Gasteiger partial charge on any atom is 0.435 e. The number of carbonyl (C=O) groups excluding carboxylic acids is 4. The summed E-state index contributed by atoms with van der Waals surface area (Å²) in [5, 5.41) is 12.6. The standard InChI is InChI=1S/C33H34N6O6/c1-6-20(2)44-32(43)39-25-19-26(31(42)36-33(3,4)21-13-8-7-9-14-21)45-27(25)28(37-39)35-29(40)22-15-10-11-16-23(22)34-30(41)24-17-12-18-38(24)5/h7-20H,6H2,1-5H3,(H,34,41)(H,36,42)(H,35,37,40). The van der Waals surface area contributed by atoms with Gasteiger partial charge in [0.2, 0.25) is 0 Å². The smallest absolute Gasteiger partial charge is 0.435 e. The molecule has 0 bridgehead atoms. The van der Waals surface area contributed by atoms with Crippen LogP contribution in [0, 0.1) is 0 Å². The average Bonchev–Trinajstić information content (AvgIpc) is 3.73. The first-order valence-corrected chi connectivity index (χ1v) is 14.4. The summed E-state index contributed by atoms with van der Waals surface area (Å²) in [6.45, 7) is 7.31. The molecule has 5 aromatic rings. The molecule has 0 aliphatic rings. The van der Waals surface area contributed by atoms with E-state index in [1.54, 1.807) is 55.1 Å². The van der Waals surface area contributed by atoms with Gasteiger partial charge in [0, 0.05) is 19.3 Å². The van der Waals surface area contributed by atoms with Gasteiger partial charge < -0.3 is 29.7 Å². The Morgan fingerprint density at radius 3 is 2.33 bits per heavy atom. The molecule has 3 amide bonds. The predicted octanol–water partition coefficient (Wildman–Crippen LogP) is 5.92. The van der Waals surface area contributed by atoms with Gasteiger partial charge in [-0.25, -0.2) is 4.79 Å². The molecular weight excluding hydrogens is 576 g/mol. The second-order valence-corrected chi connectivity index (χ2v) is 11.1. The summed E-state index contributed by atoms with van der Waals surface area (Å²) >= 11 is 0. The zero-order valence-corrected chi connectivity index (χ0v) is 25.6. The molecule has 45 heavy (non-hydrogen) atoms. The van der Waals surface area contributed by atoms with Crippen molar-refractivity contribution in [3.63, 3.8) is 0 Å². The Kier molecular flexibility index (Phi) is 8.57. The molecule has 12 heteroatoms. The predicted molar refractivity (Wildman–Crippen MR) is 168 cm³/mol. The zero-order chi connectivity index (χ0) is 32.3. The lowest BCUT2D eigenvalue weighted by atomic mass is 9.94. The Bertz CT molecular complexity index is 1880. The number of hydrogen-bond acceptors (Lipinski definition) is 7. The minimum absolute atomic E-state index is 0.00236. The lowest BCUT2D eigenvalue weighted by Crippen LogP contribution is -2.40. The second-order valence-electron chi connectivity index (χ2n) is 11.1. The number of benzene rings is 2. The maximum atomic E-state index is 13.5. The van der Waals surface area contributed by atoms with E-state index in [0.29, 0.717) is 12.1 Å². The SMILES string of the molecule is CCC(C)OC(=O)n1nc(NC(=O)c2ccccc2NC(=O)c2cccn2C)c2oc(C(=O)NC(C)(C)c3ccccc3)cc21. The molecule has 12 nitrogen and oxygen atoms in total. The van der Waals surface area contributed by atoms with E-state index in [2.05, 4.69) is 21.0 Å². The molecule has 0 aliphatic heterocycles. The fourth-order valence-corrected chi connectivity index (χ4v) is 4.67. The van der Waals surface area contributed by atoms with Crippen LogP contribution in [0.5, 0.6) is 0 Å². The van der Waals surface area contributed by atoms with Crippen LogP contribution in [0.1, 0.15) is 71.1 Å². The minimum atomic E-state index is -0.803. The fourth-order valence-electron chi connectivity index (χ4n) is 4.67. The van der Waals surface area contributed by atoms with Crippen LogP contribution in [0.25, 0.3) is 11.1 Å². The highest BCUT2D eigenvalue weighted by molar-refractivity contribution is 6.14. The van der Waals surface area contributed by atoms with Gasteiger partial charge in [-0.05, 0) is 57.0 Å². The normalized spacial score (nSPS) is 12.0. The van der Waals surface area contributed by atoms with E-state index in [1.807, 2.05) is 51.1 Å². The van der Waals surface area contributed by atoms with Crippen molar-refractivity contribution in [1.29, 1.82) is 0 Å². The molecule has 0 spiro atoms. The highest BCUT2D eigenvalue weighted by atomic mass is 16.6. The van der Waals surface area contributed by atoms with Crippen LogP contribution in [-0.4, -0.2) is 44.3 Å². The molecule has 3 heterocycles. The van der Waals surface area contributed by atoms with Gasteiger partial charge in [0.05, 0.1) is 16.8 Å². The van der Waals surface area contributed by atoms with E-state index in [4.69, 9.17) is 9.15 Å². The number of para-hydroxylation sites is 1. The number of aryl methyl sites for hydroxylation is 1. The van der Waals surface area contributed by atoms with Crippen LogP contribution in [-0.2, 0) is 17.3 Å². The number of fused-ring (bicyclic) bond motifs is 1. The Morgan fingerprint density at radius 2 is 1.64 bits per heavy atom. The van der Waals surface area contributed by atoms with Gasteiger partial charge in [-0.2, -0.15) is 4.68 Å². The number of aromatic nitrogens is 3. The third kappa shape index (κ3) is 6.49. The second kappa shape index (κ2) is 12.5. The maximum absolute atomic E-state index is 13.5. The molecule has 0 aliphatic carbocycles. The molecule has 5 rings (SSSR count). The van der Waals surface area contributed by atoms with Gasteiger partial charge in [-0.1, -0.05) is 49.4 Å². The highest BCUT2D eigenvalue weighted by Crippen LogP contribution is 2.29. The molecule has 0 saturated carbocycles. The molecule has 232 valence electrons. The van der Waals surface area contributed by atoms with E-state index in [-0.39, 0.29) is 33.9 Å². The molecule has 0 fully saturated rings. The first-order valence-electron chi connectivity index (χ1n) is 14.4. The number of carbonyl (C=O) groups is 4. The van der Waals surface area contributed by atoms with Crippen molar-refractivity contribution in [1.82, 2.24) is 19.7 Å². The summed E-state index contributed by atoms with van der Waals surface area (Å²) in [6.07, 6.45) is 1.10. The van der Waals surface area contributed by atoms with Crippen molar-refractivity contribution in [2.24, 2.45) is 7.05 Å². The number of rotatable bonds is 9. The van der Waals surface area contributed by atoms with Crippen LogP contribution < -0.4 is 16.0 Å².